The summed E-state index contributed by atoms with van der Waals surface area (Å²) < 4.78 is 5.23. The molecular formula is C14H18N2O5. The molecule has 0 unspecified atom stereocenters. The molecule has 0 atom stereocenters. The topological polar surface area (TPSA) is 105 Å². The van der Waals surface area contributed by atoms with Gasteiger partial charge >= 0.3 is 5.97 Å². The fraction of sp³-hybridized carbons (Fsp3) is 0.357. The van der Waals surface area contributed by atoms with Gasteiger partial charge in [0.25, 0.3) is 5.91 Å². The van der Waals surface area contributed by atoms with Gasteiger partial charge in [0.1, 0.15) is 12.3 Å². The van der Waals surface area contributed by atoms with Crippen molar-refractivity contribution < 1.29 is 24.2 Å². The summed E-state index contributed by atoms with van der Waals surface area (Å²) in [5.74, 6) is -1.51. The maximum atomic E-state index is 11.6. The van der Waals surface area contributed by atoms with Crippen molar-refractivity contribution in [1.82, 2.24) is 5.32 Å². The van der Waals surface area contributed by atoms with E-state index in [1.807, 2.05) is 0 Å². The van der Waals surface area contributed by atoms with E-state index in [0.717, 1.165) is 0 Å². The highest BCUT2D eigenvalue weighted by Crippen LogP contribution is 2.17. The molecule has 0 heterocycles. The van der Waals surface area contributed by atoms with Crippen LogP contribution >= 0.6 is 0 Å². The minimum Gasteiger partial charge on any atom is -0.484 e. The first-order valence-corrected chi connectivity index (χ1v) is 6.40. The van der Waals surface area contributed by atoms with Crippen molar-refractivity contribution in [3.05, 3.63) is 24.3 Å². The van der Waals surface area contributed by atoms with Gasteiger partial charge in [-0.05, 0) is 12.1 Å². The van der Waals surface area contributed by atoms with Gasteiger partial charge in [0.05, 0.1) is 0 Å². The molecule has 0 aliphatic rings. The molecule has 0 spiro atoms. The Bertz CT molecular complexity index is 528. The summed E-state index contributed by atoms with van der Waals surface area (Å²) in [6, 6.07) is 6.61. The standard InChI is InChI=1S/C14H18N2O5/c1-9(2)14(20)16-10-4-3-5-11(6-10)21-8-12(17)15-7-13(18)19/h3-6,9H,7-8H2,1-2H3,(H,15,17)(H,16,20)(H,18,19). The fourth-order valence-electron chi connectivity index (χ4n) is 1.32. The van der Waals surface area contributed by atoms with Crippen LogP contribution < -0.4 is 15.4 Å². The van der Waals surface area contributed by atoms with Crippen LogP contribution in [0.25, 0.3) is 0 Å². The third-order valence-corrected chi connectivity index (χ3v) is 2.43. The van der Waals surface area contributed by atoms with Crippen LogP contribution in [0.5, 0.6) is 5.75 Å². The first-order chi connectivity index (χ1) is 9.88. The van der Waals surface area contributed by atoms with E-state index in [4.69, 9.17) is 9.84 Å². The Kier molecular flexibility index (Phi) is 6.19. The molecular weight excluding hydrogens is 276 g/mol. The normalized spacial score (nSPS) is 10.0. The second-order valence-corrected chi connectivity index (χ2v) is 4.63. The predicted octanol–water partition coefficient (Wildman–Crippen LogP) is 0.861. The molecule has 1 aromatic rings. The van der Waals surface area contributed by atoms with Crippen LogP contribution in [0.2, 0.25) is 0 Å². The lowest BCUT2D eigenvalue weighted by molar-refractivity contribution is -0.138. The maximum absolute atomic E-state index is 11.6. The molecule has 3 N–H and O–H groups in total. The van der Waals surface area contributed by atoms with Gasteiger partial charge in [0, 0.05) is 17.7 Å². The summed E-state index contributed by atoms with van der Waals surface area (Å²) in [5, 5.41) is 13.3. The third kappa shape index (κ3) is 6.42. The summed E-state index contributed by atoms with van der Waals surface area (Å²) >= 11 is 0. The molecule has 0 saturated carbocycles. The van der Waals surface area contributed by atoms with E-state index in [-0.39, 0.29) is 18.4 Å². The second-order valence-electron chi connectivity index (χ2n) is 4.63. The van der Waals surface area contributed by atoms with Crippen LogP contribution in [0.15, 0.2) is 24.3 Å². The number of rotatable bonds is 7. The highest BCUT2D eigenvalue weighted by Gasteiger charge is 2.08. The smallest absolute Gasteiger partial charge is 0.322 e. The van der Waals surface area contributed by atoms with Crippen molar-refractivity contribution >= 4 is 23.5 Å². The lowest BCUT2D eigenvalue weighted by Gasteiger charge is -2.10. The summed E-state index contributed by atoms with van der Waals surface area (Å²) in [4.78, 5) is 33.2. The number of benzene rings is 1. The first kappa shape index (κ1) is 16.5. The molecule has 0 bridgehead atoms. The van der Waals surface area contributed by atoms with Crippen molar-refractivity contribution in [2.24, 2.45) is 5.92 Å². The van der Waals surface area contributed by atoms with E-state index < -0.39 is 18.4 Å². The Balaban J connectivity index is 2.51. The summed E-state index contributed by atoms with van der Waals surface area (Å²) in [7, 11) is 0. The second kappa shape index (κ2) is 7.88. The van der Waals surface area contributed by atoms with Crippen molar-refractivity contribution in [3.63, 3.8) is 0 Å². The highest BCUT2D eigenvalue weighted by atomic mass is 16.5. The number of anilines is 1. The Labute approximate surface area is 122 Å². The molecule has 1 aromatic carbocycles. The highest BCUT2D eigenvalue weighted by molar-refractivity contribution is 5.92. The number of amides is 2. The summed E-state index contributed by atoms with van der Waals surface area (Å²) in [6.07, 6.45) is 0. The van der Waals surface area contributed by atoms with Crippen LogP contribution in [0.4, 0.5) is 5.69 Å². The molecule has 1 rings (SSSR count). The quantitative estimate of drug-likeness (QED) is 0.692. The van der Waals surface area contributed by atoms with Gasteiger partial charge < -0.3 is 20.5 Å². The van der Waals surface area contributed by atoms with Gasteiger partial charge in [0.2, 0.25) is 5.91 Å². The zero-order valence-electron chi connectivity index (χ0n) is 11.9. The Hall–Kier alpha value is -2.57. The van der Waals surface area contributed by atoms with Crippen LogP contribution in [-0.2, 0) is 14.4 Å². The number of nitrogens with one attached hydrogen (secondary N) is 2. The Morgan fingerprint density at radius 1 is 1.29 bits per heavy atom. The summed E-state index contributed by atoms with van der Waals surface area (Å²) in [5.41, 5.74) is 0.567. The Morgan fingerprint density at radius 2 is 2.00 bits per heavy atom. The largest absolute Gasteiger partial charge is 0.484 e. The van der Waals surface area contributed by atoms with E-state index in [1.54, 1.807) is 38.1 Å². The van der Waals surface area contributed by atoms with Crippen molar-refractivity contribution in [2.75, 3.05) is 18.5 Å². The molecule has 2 amide bonds. The monoisotopic (exact) mass is 294 g/mol. The van der Waals surface area contributed by atoms with Gasteiger partial charge in [0.15, 0.2) is 6.61 Å². The number of carbonyl (C=O) groups is 3. The molecule has 0 aromatic heterocycles. The minimum absolute atomic E-state index is 0.119. The molecule has 0 radical (unpaired) electrons. The SMILES string of the molecule is CC(C)C(=O)Nc1cccc(OCC(=O)NCC(=O)O)c1. The number of carboxylic acid groups (broad SMARTS) is 1. The number of carboxylic acids is 1. The van der Waals surface area contributed by atoms with Gasteiger partial charge in [-0.1, -0.05) is 19.9 Å². The van der Waals surface area contributed by atoms with Crippen molar-refractivity contribution in [1.29, 1.82) is 0 Å². The van der Waals surface area contributed by atoms with Gasteiger partial charge in [-0.3, -0.25) is 14.4 Å². The van der Waals surface area contributed by atoms with E-state index in [9.17, 15) is 14.4 Å². The van der Waals surface area contributed by atoms with Gasteiger partial charge in [-0.15, -0.1) is 0 Å². The molecule has 0 aliphatic heterocycles. The minimum atomic E-state index is -1.12. The van der Waals surface area contributed by atoms with Crippen LogP contribution in [0.3, 0.4) is 0 Å². The van der Waals surface area contributed by atoms with Crippen LogP contribution in [-0.4, -0.2) is 36.0 Å². The fourth-order valence-corrected chi connectivity index (χ4v) is 1.32. The van der Waals surface area contributed by atoms with Crippen LogP contribution in [0.1, 0.15) is 13.8 Å². The molecule has 114 valence electrons. The molecule has 21 heavy (non-hydrogen) atoms. The predicted molar refractivity (Wildman–Crippen MR) is 76.1 cm³/mol. The van der Waals surface area contributed by atoms with Crippen molar-refractivity contribution in [2.45, 2.75) is 13.8 Å². The van der Waals surface area contributed by atoms with E-state index in [0.29, 0.717) is 11.4 Å². The number of hydrogen-bond donors (Lipinski definition) is 3. The maximum Gasteiger partial charge on any atom is 0.322 e. The molecule has 7 nitrogen and oxygen atoms in total. The van der Waals surface area contributed by atoms with Gasteiger partial charge in [-0.2, -0.15) is 0 Å². The molecule has 0 aliphatic carbocycles. The number of aliphatic carboxylic acids is 1. The lowest BCUT2D eigenvalue weighted by Crippen LogP contribution is -2.33. The lowest BCUT2D eigenvalue weighted by atomic mass is 10.2. The zero-order chi connectivity index (χ0) is 15.8. The average Bonchev–Trinajstić information content (AvgIpc) is 2.43. The summed E-state index contributed by atoms with van der Waals surface area (Å²) in [6.45, 7) is 2.81. The third-order valence-electron chi connectivity index (χ3n) is 2.43. The molecule has 0 fully saturated rings. The zero-order valence-corrected chi connectivity index (χ0v) is 11.9. The van der Waals surface area contributed by atoms with Crippen LogP contribution in [0, 0.1) is 5.92 Å². The van der Waals surface area contributed by atoms with Crippen molar-refractivity contribution in [3.8, 4) is 5.75 Å². The first-order valence-electron chi connectivity index (χ1n) is 6.40. The molecule has 0 saturated heterocycles. The van der Waals surface area contributed by atoms with Gasteiger partial charge in [-0.25, -0.2) is 0 Å². The number of ether oxygens (including phenoxy) is 1. The van der Waals surface area contributed by atoms with E-state index >= 15 is 0 Å². The average molecular weight is 294 g/mol. The van der Waals surface area contributed by atoms with E-state index in [2.05, 4.69) is 10.6 Å². The Morgan fingerprint density at radius 3 is 2.62 bits per heavy atom. The van der Waals surface area contributed by atoms with E-state index in [1.165, 1.54) is 0 Å². The number of carbonyl (C=O) groups excluding carboxylic acids is 2. The molecule has 7 heteroatoms. The number of hydrogen-bond acceptors (Lipinski definition) is 4.